The van der Waals surface area contributed by atoms with Crippen LogP contribution >= 0.6 is 0 Å². The maximum absolute atomic E-state index is 5.45. The lowest BCUT2D eigenvalue weighted by Gasteiger charge is -2.35. The molecule has 2 bridgehead atoms. The van der Waals surface area contributed by atoms with E-state index in [0.29, 0.717) is 6.04 Å². The second kappa shape index (κ2) is 5.51. The van der Waals surface area contributed by atoms with Gasteiger partial charge < -0.3 is 10.1 Å². The number of para-hydroxylation sites is 1. The number of methoxy groups -OCH3 is 1. The monoisotopic (exact) mass is 260 g/mol. The molecule has 3 rings (SSSR count). The molecule has 0 aliphatic carbocycles. The highest BCUT2D eigenvalue weighted by Crippen LogP contribution is 2.30. The van der Waals surface area contributed by atoms with E-state index >= 15 is 0 Å². The van der Waals surface area contributed by atoms with Crippen LogP contribution in [0.5, 0.6) is 5.75 Å². The molecule has 0 amide bonds. The Balaban J connectivity index is 1.66. The molecule has 1 N–H and O–H groups in total. The standard InChI is InChI=1S/C16H24N2O/c1-18(11-12-5-3-4-6-16(12)19-2)15-9-13-7-8-14(10-15)17-13/h3-6,13-15,17H,7-11H2,1-2H3. The van der Waals surface area contributed by atoms with Crippen molar-refractivity contribution in [2.75, 3.05) is 14.2 Å². The Morgan fingerprint density at radius 1 is 1.21 bits per heavy atom. The van der Waals surface area contributed by atoms with Gasteiger partial charge in [-0.2, -0.15) is 0 Å². The van der Waals surface area contributed by atoms with Crippen molar-refractivity contribution in [3.63, 3.8) is 0 Å². The van der Waals surface area contributed by atoms with Crippen molar-refractivity contribution in [2.45, 2.75) is 50.4 Å². The predicted octanol–water partition coefficient (Wildman–Crippen LogP) is 2.41. The van der Waals surface area contributed by atoms with E-state index in [1.165, 1.54) is 31.2 Å². The van der Waals surface area contributed by atoms with Gasteiger partial charge in [0, 0.05) is 30.2 Å². The van der Waals surface area contributed by atoms with Crippen LogP contribution in [-0.4, -0.2) is 37.2 Å². The average Bonchev–Trinajstić information content (AvgIpc) is 2.78. The minimum absolute atomic E-state index is 0.712. The summed E-state index contributed by atoms with van der Waals surface area (Å²) >= 11 is 0. The molecule has 1 aromatic carbocycles. The molecule has 104 valence electrons. The number of ether oxygens (including phenoxy) is 1. The van der Waals surface area contributed by atoms with Crippen LogP contribution < -0.4 is 10.1 Å². The highest BCUT2D eigenvalue weighted by Gasteiger charge is 2.35. The van der Waals surface area contributed by atoms with Gasteiger partial charge in [-0.05, 0) is 38.8 Å². The lowest BCUT2D eigenvalue weighted by Crippen LogP contribution is -2.46. The van der Waals surface area contributed by atoms with E-state index in [9.17, 15) is 0 Å². The zero-order valence-corrected chi connectivity index (χ0v) is 11.9. The van der Waals surface area contributed by atoms with Crippen LogP contribution in [0.25, 0.3) is 0 Å². The van der Waals surface area contributed by atoms with E-state index in [1.54, 1.807) is 7.11 Å². The zero-order chi connectivity index (χ0) is 13.2. The number of benzene rings is 1. The first-order chi connectivity index (χ1) is 9.26. The molecule has 0 aromatic heterocycles. The van der Waals surface area contributed by atoms with Crippen LogP contribution in [0, 0.1) is 0 Å². The SMILES string of the molecule is COc1ccccc1CN(C)C1CC2CCC(C1)N2. The molecule has 2 unspecified atom stereocenters. The zero-order valence-electron chi connectivity index (χ0n) is 11.9. The second-order valence-electron chi connectivity index (χ2n) is 5.99. The lowest BCUT2D eigenvalue weighted by molar-refractivity contribution is 0.164. The molecule has 3 heteroatoms. The molecule has 2 heterocycles. The van der Waals surface area contributed by atoms with Gasteiger partial charge in [-0.15, -0.1) is 0 Å². The quantitative estimate of drug-likeness (QED) is 0.900. The maximum Gasteiger partial charge on any atom is 0.123 e. The predicted molar refractivity (Wildman–Crippen MR) is 77.4 cm³/mol. The topological polar surface area (TPSA) is 24.5 Å². The van der Waals surface area contributed by atoms with E-state index in [1.807, 2.05) is 6.07 Å². The molecule has 0 saturated carbocycles. The van der Waals surface area contributed by atoms with Gasteiger partial charge in [-0.3, -0.25) is 4.90 Å². The van der Waals surface area contributed by atoms with Crippen molar-refractivity contribution < 1.29 is 4.74 Å². The molecule has 2 fully saturated rings. The molecule has 1 aromatic rings. The summed E-state index contributed by atoms with van der Waals surface area (Å²) in [4.78, 5) is 2.50. The molecule has 0 radical (unpaired) electrons. The van der Waals surface area contributed by atoms with Crippen molar-refractivity contribution in [2.24, 2.45) is 0 Å². The van der Waals surface area contributed by atoms with Gasteiger partial charge in [0.2, 0.25) is 0 Å². The van der Waals surface area contributed by atoms with E-state index in [0.717, 1.165) is 24.4 Å². The summed E-state index contributed by atoms with van der Waals surface area (Å²) in [6.07, 6.45) is 5.32. The normalized spacial score (nSPS) is 29.7. The van der Waals surface area contributed by atoms with Gasteiger partial charge in [-0.25, -0.2) is 0 Å². The summed E-state index contributed by atoms with van der Waals surface area (Å²) in [5, 5.41) is 3.71. The smallest absolute Gasteiger partial charge is 0.123 e. The van der Waals surface area contributed by atoms with Crippen LogP contribution in [0.2, 0.25) is 0 Å². The molecule has 2 aliphatic rings. The van der Waals surface area contributed by atoms with Crippen LogP contribution in [0.4, 0.5) is 0 Å². The Labute approximate surface area is 115 Å². The van der Waals surface area contributed by atoms with E-state index in [2.05, 4.69) is 35.5 Å². The molecule has 19 heavy (non-hydrogen) atoms. The van der Waals surface area contributed by atoms with Crippen LogP contribution in [0.1, 0.15) is 31.2 Å². The maximum atomic E-state index is 5.45. The fourth-order valence-electron chi connectivity index (χ4n) is 3.62. The Morgan fingerprint density at radius 3 is 2.58 bits per heavy atom. The number of hydrogen-bond donors (Lipinski definition) is 1. The molecule has 2 atom stereocenters. The number of nitrogens with one attached hydrogen (secondary N) is 1. The lowest BCUT2D eigenvalue weighted by atomic mass is 9.98. The molecule has 0 spiro atoms. The summed E-state index contributed by atoms with van der Waals surface area (Å²) in [7, 11) is 4.01. The Kier molecular flexibility index (Phi) is 3.76. The number of rotatable bonds is 4. The minimum atomic E-state index is 0.712. The number of fused-ring (bicyclic) bond motifs is 2. The van der Waals surface area contributed by atoms with Crippen LogP contribution in [0.15, 0.2) is 24.3 Å². The fraction of sp³-hybridized carbons (Fsp3) is 0.625. The first kappa shape index (κ1) is 12.9. The third-order valence-corrected chi connectivity index (χ3v) is 4.68. The van der Waals surface area contributed by atoms with E-state index < -0.39 is 0 Å². The van der Waals surface area contributed by atoms with Crippen LogP contribution in [0.3, 0.4) is 0 Å². The molecular weight excluding hydrogens is 236 g/mol. The van der Waals surface area contributed by atoms with Gasteiger partial charge in [0.05, 0.1) is 7.11 Å². The van der Waals surface area contributed by atoms with Gasteiger partial charge >= 0.3 is 0 Å². The second-order valence-corrected chi connectivity index (χ2v) is 5.99. The van der Waals surface area contributed by atoms with Gasteiger partial charge in [0.15, 0.2) is 0 Å². The van der Waals surface area contributed by atoms with Gasteiger partial charge in [0.1, 0.15) is 5.75 Å². The minimum Gasteiger partial charge on any atom is -0.496 e. The Hall–Kier alpha value is -1.06. The summed E-state index contributed by atoms with van der Waals surface area (Å²) in [5.41, 5.74) is 1.29. The Bertz CT molecular complexity index is 423. The Morgan fingerprint density at radius 2 is 1.89 bits per heavy atom. The van der Waals surface area contributed by atoms with Gasteiger partial charge in [-0.1, -0.05) is 18.2 Å². The third-order valence-electron chi connectivity index (χ3n) is 4.68. The first-order valence-electron chi connectivity index (χ1n) is 7.34. The number of hydrogen-bond acceptors (Lipinski definition) is 3. The number of nitrogens with zero attached hydrogens (tertiary/aromatic N) is 1. The molecule has 3 nitrogen and oxygen atoms in total. The summed E-state index contributed by atoms with van der Waals surface area (Å²) < 4.78 is 5.45. The number of piperidine rings is 1. The summed E-state index contributed by atoms with van der Waals surface area (Å²) in [6.45, 7) is 0.980. The van der Waals surface area contributed by atoms with Crippen molar-refractivity contribution in [1.29, 1.82) is 0 Å². The largest absolute Gasteiger partial charge is 0.496 e. The van der Waals surface area contributed by atoms with Crippen molar-refractivity contribution in [1.82, 2.24) is 10.2 Å². The summed E-state index contributed by atoms with van der Waals surface area (Å²) in [6, 6.07) is 10.6. The fourth-order valence-corrected chi connectivity index (χ4v) is 3.62. The molecular formula is C16H24N2O. The van der Waals surface area contributed by atoms with E-state index in [4.69, 9.17) is 4.74 Å². The third kappa shape index (κ3) is 2.77. The first-order valence-corrected chi connectivity index (χ1v) is 7.34. The highest BCUT2D eigenvalue weighted by atomic mass is 16.5. The summed E-state index contributed by atoms with van der Waals surface area (Å²) in [5.74, 6) is 1.01. The average molecular weight is 260 g/mol. The van der Waals surface area contributed by atoms with Crippen molar-refractivity contribution in [3.05, 3.63) is 29.8 Å². The van der Waals surface area contributed by atoms with E-state index in [-0.39, 0.29) is 0 Å². The van der Waals surface area contributed by atoms with Gasteiger partial charge in [0.25, 0.3) is 0 Å². The van der Waals surface area contributed by atoms with Crippen LogP contribution in [-0.2, 0) is 6.54 Å². The van der Waals surface area contributed by atoms with Crippen molar-refractivity contribution >= 4 is 0 Å². The molecule has 2 aliphatic heterocycles. The molecule has 2 saturated heterocycles. The van der Waals surface area contributed by atoms with Crippen molar-refractivity contribution in [3.8, 4) is 5.75 Å². The highest BCUT2D eigenvalue weighted by molar-refractivity contribution is 5.33.